The quantitative estimate of drug-likeness (QED) is 0.144. The molecule has 1 saturated heterocycles. The molecule has 1 fully saturated rings. The van der Waals surface area contributed by atoms with Gasteiger partial charge in [0.15, 0.2) is 12.0 Å². The highest BCUT2D eigenvalue weighted by Gasteiger charge is 2.27. The van der Waals surface area contributed by atoms with Gasteiger partial charge in [0.2, 0.25) is 0 Å². The number of aliphatic hydroxyl groups excluding tert-OH is 1. The topological polar surface area (TPSA) is 110 Å². The Bertz CT molecular complexity index is 1070. The molecule has 0 aromatic heterocycles. The molecule has 0 aliphatic carbocycles. The second-order valence-electron chi connectivity index (χ2n) is 9.21. The summed E-state index contributed by atoms with van der Waals surface area (Å²) < 4.78 is 5.80. The van der Waals surface area contributed by atoms with Crippen molar-refractivity contribution in [1.29, 1.82) is 0 Å². The number of hydrogen-bond acceptors (Lipinski definition) is 9. The number of allylic oxidation sites excluding steroid dienone is 3. The SMILES string of the molecule is CC/C(NN(C)Cc1cccc2c1CCCO2)=C(/C=O)N1CCN(C(=O)/C(NC)=C(\O)C(C)=NC)CC1. The molecule has 2 aliphatic rings. The number of aliphatic hydroxyl groups is 1. The zero-order chi connectivity index (χ0) is 26.9. The van der Waals surface area contributed by atoms with Crippen molar-refractivity contribution in [3.8, 4) is 5.75 Å². The van der Waals surface area contributed by atoms with Crippen LogP contribution in [0.4, 0.5) is 0 Å². The number of aliphatic imine (C=N–C) groups is 1. The predicted molar refractivity (Wildman–Crippen MR) is 144 cm³/mol. The summed E-state index contributed by atoms with van der Waals surface area (Å²) in [6.07, 6.45) is 3.57. The summed E-state index contributed by atoms with van der Waals surface area (Å²) >= 11 is 0. The van der Waals surface area contributed by atoms with E-state index in [4.69, 9.17) is 4.74 Å². The van der Waals surface area contributed by atoms with Crippen molar-refractivity contribution in [1.82, 2.24) is 25.6 Å². The van der Waals surface area contributed by atoms with E-state index in [1.54, 1.807) is 25.9 Å². The number of fused-ring (bicyclic) bond motifs is 1. The Morgan fingerprint density at radius 1 is 1.24 bits per heavy atom. The molecule has 10 nitrogen and oxygen atoms in total. The molecule has 10 heteroatoms. The number of likely N-dealkylation sites (N-methyl/N-ethyl adjacent to an activating group) is 1. The molecule has 1 aromatic carbocycles. The van der Waals surface area contributed by atoms with E-state index in [9.17, 15) is 14.7 Å². The summed E-state index contributed by atoms with van der Waals surface area (Å²) in [6.45, 7) is 6.98. The zero-order valence-corrected chi connectivity index (χ0v) is 22.6. The van der Waals surface area contributed by atoms with Crippen LogP contribution in [0.2, 0.25) is 0 Å². The first-order valence-electron chi connectivity index (χ1n) is 12.8. The standard InChI is InChI=1S/C27H40N6O4/c1-6-22(30-31(5)17-20-9-7-11-24-21(20)10-8-16-37-24)23(18-34)32-12-14-33(15-13-32)27(36)25(29-4)26(35)19(2)28-3/h7,9,11,18,29-30,35H,6,8,10,12-17H2,1-5H3/b23-22+,26-25+,28-19?. The molecule has 3 N–H and O–H groups in total. The number of aldehydes is 1. The molecule has 37 heavy (non-hydrogen) atoms. The van der Waals surface area contributed by atoms with Crippen molar-refractivity contribution < 1.29 is 19.4 Å². The first kappa shape index (κ1) is 28.0. The van der Waals surface area contributed by atoms with Gasteiger partial charge in [-0.15, -0.1) is 0 Å². The van der Waals surface area contributed by atoms with Crippen LogP contribution >= 0.6 is 0 Å². The first-order valence-corrected chi connectivity index (χ1v) is 12.8. The van der Waals surface area contributed by atoms with E-state index < -0.39 is 0 Å². The minimum Gasteiger partial charge on any atom is -0.504 e. The van der Waals surface area contributed by atoms with E-state index in [0.29, 0.717) is 50.6 Å². The Kier molecular flexibility index (Phi) is 9.96. The average Bonchev–Trinajstić information content (AvgIpc) is 2.93. The van der Waals surface area contributed by atoms with E-state index >= 15 is 0 Å². The van der Waals surface area contributed by atoms with Crippen LogP contribution in [0.5, 0.6) is 5.75 Å². The van der Waals surface area contributed by atoms with Crippen LogP contribution in [0.25, 0.3) is 0 Å². The van der Waals surface area contributed by atoms with Gasteiger partial charge < -0.3 is 30.4 Å². The van der Waals surface area contributed by atoms with Crippen LogP contribution in [-0.4, -0.2) is 91.7 Å². The van der Waals surface area contributed by atoms with Gasteiger partial charge in [-0.2, -0.15) is 0 Å². The highest BCUT2D eigenvalue weighted by atomic mass is 16.5. The fraction of sp³-hybridized carbons (Fsp3) is 0.519. The van der Waals surface area contributed by atoms with Crippen molar-refractivity contribution in [3.05, 3.63) is 52.2 Å². The van der Waals surface area contributed by atoms with Gasteiger partial charge in [0.05, 0.1) is 23.7 Å². The maximum atomic E-state index is 13.0. The summed E-state index contributed by atoms with van der Waals surface area (Å²) in [7, 11) is 5.13. The van der Waals surface area contributed by atoms with Gasteiger partial charge in [-0.1, -0.05) is 19.1 Å². The number of hydrazine groups is 1. The number of carbonyl (C=O) groups is 2. The van der Waals surface area contributed by atoms with Gasteiger partial charge in [0.1, 0.15) is 11.4 Å². The number of benzene rings is 1. The lowest BCUT2D eigenvalue weighted by Crippen LogP contribution is -2.50. The van der Waals surface area contributed by atoms with E-state index in [1.165, 1.54) is 11.1 Å². The summed E-state index contributed by atoms with van der Waals surface area (Å²) in [4.78, 5) is 32.8. The fourth-order valence-electron chi connectivity index (χ4n) is 4.71. The number of ether oxygens (including phenoxy) is 1. The molecule has 0 saturated carbocycles. The average molecular weight is 513 g/mol. The van der Waals surface area contributed by atoms with Crippen LogP contribution in [0.15, 0.2) is 46.0 Å². The minimum absolute atomic E-state index is 0.119. The number of nitrogens with zero attached hydrogens (tertiary/aromatic N) is 4. The van der Waals surface area contributed by atoms with E-state index in [0.717, 1.165) is 37.2 Å². The van der Waals surface area contributed by atoms with E-state index in [1.807, 2.05) is 36.0 Å². The van der Waals surface area contributed by atoms with Gasteiger partial charge >= 0.3 is 0 Å². The number of nitrogens with one attached hydrogen (secondary N) is 2. The molecule has 1 amide bonds. The normalized spacial score (nSPS) is 17.4. The minimum atomic E-state index is -0.289. The number of hydrogen-bond donors (Lipinski definition) is 3. The van der Waals surface area contributed by atoms with Gasteiger partial charge in [-0.3, -0.25) is 14.6 Å². The van der Waals surface area contributed by atoms with Gasteiger partial charge in [-0.25, -0.2) is 5.01 Å². The predicted octanol–water partition coefficient (Wildman–Crippen LogP) is 1.99. The number of carbonyl (C=O) groups excluding carboxylic acids is 2. The molecule has 3 rings (SSSR count). The lowest BCUT2D eigenvalue weighted by Gasteiger charge is -2.37. The van der Waals surface area contributed by atoms with Gasteiger partial charge in [0.25, 0.3) is 5.91 Å². The molecule has 2 heterocycles. The monoisotopic (exact) mass is 512 g/mol. The van der Waals surface area contributed by atoms with Gasteiger partial charge in [-0.05, 0) is 43.4 Å². The molecule has 0 atom stereocenters. The fourth-order valence-corrected chi connectivity index (χ4v) is 4.71. The van der Waals surface area contributed by atoms with Crippen molar-refractivity contribution in [3.63, 3.8) is 0 Å². The molecule has 1 aromatic rings. The summed E-state index contributed by atoms with van der Waals surface area (Å²) in [5.74, 6) is 0.520. The second kappa shape index (κ2) is 13.1. The zero-order valence-electron chi connectivity index (χ0n) is 22.6. The first-order chi connectivity index (χ1) is 17.8. The number of piperazine rings is 1. The lowest BCUT2D eigenvalue weighted by atomic mass is 10.00. The summed E-state index contributed by atoms with van der Waals surface area (Å²) in [5, 5.41) is 15.2. The summed E-state index contributed by atoms with van der Waals surface area (Å²) in [6, 6.07) is 6.16. The Balaban J connectivity index is 1.68. The van der Waals surface area contributed by atoms with E-state index in [-0.39, 0.29) is 17.4 Å². The Morgan fingerprint density at radius 3 is 2.57 bits per heavy atom. The largest absolute Gasteiger partial charge is 0.504 e. The lowest BCUT2D eigenvalue weighted by molar-refractivity contribution is -0.129. The third kappa shape index (κ3) is 6.62. The molecule has 0 unspecified atom stereocenters. The van der Waals surface area contributed by atoms with Crippen molar-refractivity contribution in [2.45, 2.75) is 39.7 Å². The van der Waals surface area contributed by atoms with Crippen molar-refractivity contribution in [2.24, 2.45) is 4.99 Å². The van der Waals surface area contributed by atoms with E-state index in [2.05, 4.69) is 21.8 Å². The molecule has 0 spiro atoms. The second-order valence-corrected chi connectivity index (χ2v) is 9.21. The molecule has 2 aliphatic heterocycles. The van der Waals surface area contributed by atoms with Crippen LogP contribution < -0.4 is 15.5 Å². The number of amides is 1. The molecule has 0 radical (unpaired) electrons. The maximum Gasteiger partial charge on any atom is 0.273 e. The molecule has 202 valence electrons. The maximum absolute atomic E-state index is 13.0. The van der Waals surface area contributed by atoms with Crippen LogP contribution in [0.1, 0.15) is 37.8 Å². The highest BCUT2D eigenvalue weighted by Crippen LogP contribution is 2.28. The van der Waals surface area contributed by atoms with Gasteiger partial charge in [0, 0.05) is 53.9 Å². The van der Waals surface area contributed by atoms with Crippen molar-refractivity contribution >= 4 is 17.9 Å². The van der Waals surface area contributed by atoms with Crippen LogP contribution in [0.3, 0.4) is 0 Å². The van der Waals surface area contributed by atoms with Crippen LogP contribution in [0, 0.1) is 0 Å². The van der Waals surface area contributed by atoms with Crippen LogP contribution in [-0.2, 0) is 22.6 Å². The molecular weight excluding hydrogens is 472 g/mol. The summed E-state index contributed by atoms with van der Waals surface area (Å²) in [5.41, 5.74) is 7.82. The Morgan fingerprint density at radius 2 is 1.95 bits per heavy atom. The molecule has 0 bridgehead atoms. The van der Waals surface area contributed by atoms with Crippen molar-refractivity contribution in [2.75, 3.05) is 53.9 Å². The number of rotatable bonds is 10. The molecular formula is C27H40N6O4. The smallest absolute Gasteiger partial charge is 0.273 e. The third-order valence-electron chi connectivity index (χ3n) is 6.85. The Hall–Kier alpha value is -3.53. The third-order valence-corrected chi connectivity index (χ3v) is 6.85. The highest BCUT2D eigenvalue weighted by molar-refractivity contribution is 6.05. The Labute approximate surface area is 219 Å².